The van der Waals surface area contributed by atoms with Gasteiger partial charge in [-0.05, 0) is 24.1 Å². The molecular weight excluding hydrogens is 248 g/mol. The topological polar surface area (TPSA) is 28.3 Å². The molecule has 0 radical (unpaired) electrons. The lowest BCUT2D eigenvalue weighted by Gasteiger charge is -2.26. The van der Waals surface area contributed by atoms with Gasteiger partial charge < -0.3 is 9.72 Å². The van der Waals surface area contributed by atoms with E-state index in [4.69, 9.17) is 16.3 Å². The number of H-pyrrole nitrogens is 1. The fourth-order valence-corrected chi connectivity index (χ4v) is 2.64. The van der Waals surface area contributed by atoms with Gasteiger partial charge in [-0.3, -0.25) is 4.90 Å². The van der Waals surface area contributed by atoms with Crippen molar-refractivity contribution in [2.45, 2.75) is 6.42 Å². The predicted molar refractivity (Wildman–Crippen MR) is 74.3 cm³/mol. The van der Waals surface area contributed by atoms with Gasteiger partial charge >= 0.3 is 0 Å². The summed E-state index contributed by atoms with van der Waals surface area (Å²) in [6.45, 7) is 4.92. The monoisotopic (exact) mass is 264 g/mol. The number of aromatic amines is 1. The van der Waals surface area contributed by atoms with Crippen LogP contribution >= 0.6 is 11.6 Å². The van der Waals surface area contributed by atoms with Crippen LogP contribution < -0.4 is 0 Å². The van der Waals surface area contributed by atoms with Crippen LogP contribution in [0.2, 0.25) is 5.02 Å². The maximum absolute atomic E-state index is 5.98. The van der Waals surface area contributed by atoms with E-state index in [1.165, 1.54) is 10.9 Å². The average molecular weight is 265 g/mol. The van der Waals surface area contributed by atoms with Crippen LogP contribution in [0.3, 0.4) is 0 Å². The Morgan fingerprint density at radius 3 is 2.94 bits per heavy atom. The predicted octanol–water partition coefficient (Wildman–Crippen LogP) is 2.70. The van der Waals surface area contributed by atoms with Crippen LogP contribution in [0.15, 0.2) is 24.4 Å². The lowest BCUT2D eigenvalue weighted by Crippen LogP contribution is -2.37. The van der Waals surface area contributed by atoms with Gasteiger partial charge in [0, 0.05) is 41.8 Å². The summed E-state index contributed by atoms with van der Waals surface area (Å²) in [6.07, 6.45) is 3.17. The smallest absolute Gasteiger partial charge is 0.0594 e. The van der Waals surface area contributed by atoms with E-state index in [-0.39, 0.29) is 0 Å². The molecule has 1 aromatic carbocycles. The number of nitrogens with one attached hydrogen (secondary N) is 1. The van der Waals surface area contributed by atoms with Crippen LogP contribution in [0.1, 0.15) is 5.56 Å². The van der Waals surface area contributed by atoms with Crippen LogP contribution in [0.5, 0.6) is 0 Å². The normalized spacial score (nSPS) is 17.4. The first-order valence-corrected chi connectivity index (χ1v) is 6.76. The second-order valence-electron chi connectivity index (χ2n) is 4.71. The summed E-state index contributed by atoms with van der Waals surface area (Å²) in [4.78, 5) is 5.75. The second kappa shape index (κ2) is 5.31. The minimum atomic E-state index is 0.782. The molecule has 1 N–H and O–H groups in total. The largest absolute Gasteiger partial charge is 0.379 e. The number of benzene rings is 1. The zero-order valence-electron chi connectivity index (χ0n) is 10.3. The van der Waals surface area contributed by atoms with Crippen LogP contribution in [-0.2, 0) is 11.2 Å². The first-order chi connectivity index (χ1) is 8.83. The van der Waals surface area contributed by atoms with Gasteiger partial charge in [-0.25, -0.2) is 0 Å². The number of fused-ring (bicyclic) bond motifs is 1. The van der Waals surface area contributed by atoms with E-state index in [9.17, 15) is 0 Å². The van der Waals surface area contributed by atoms with Crippen molar-refractivity contribution < 1.29 is 4.74 Å². The SMILES string of the molecule is Clc1ccc2c(CCN3CCOCC3)c[nH]c2c1. The third kappa shape index (κ3) is 2.53. The highest BCUT2D eigenvalue weighted by molar-refractivity contribution is 6.31. The Morgan fingerprint density at radius 2 is 2.11 bits per heavy atom. The molecule has 1 aromatic heterocycles. The molecule has 3 rings (SSSR count). The third-order valence-corrected chi connectivity index (χ3v) is 3.77. The summed E-state index contributed by atoms with van der Waals surface area (Å²) in [5, 5.41) is 2.07. The molecule has 1 saturated heterocycles. The van der Waals surface area contributed by atoms with Crippen LogP contribution in [-0.4, -0.2) is 42.7 Å². The minimum Gasteiger partial charge on any atom is -0.379 e. The van der Waals surface area contributed by atoms with Crippen LogP contribution in [0.25, 0.3) is 10.9 Å². The molecule has 96 valence electrons. The highest BCUT2D eigenvalue weighted by Crippen LogP contribution is 2.22. The molecule has 1 aliphatic heterocycles. The Bertz CT molecular complexity index is 532. The minimum absolute atomic E-state index is 0.782. The van der Waals surface area contributed by atoms with Gasteiger partial charge in [0.15, 0.2) is 0 Å². The van der Waals surface area contributed by atoms with E-state index in [2.05, 4.69) is 22.1 Å². The molecule has 0 aliphatic carbocycles. The zero-order valence-corrected chi connectivity index (χ0v) is 11.0. The van der Waals surface area contributed by atoms with E-state index < -0.39 is 0 Å². The number of hydrogen-bond donors (Lipinski definition) is 1. The molecule has 2 heterocycles. The summed E-state index contributed by atoms with van der Waals surface area (Å²) in [7, 11) is 0. The molecule has 2 aromatic rings. The molecule has 0 saturated carbocycles. The number of halogens is 1. The molecular formula is C14H17ClN2O. The number of hydrogen-bond acceptors (Lipinski definition) is 2. The van der Waals surface area contributed by atoms with Crippen LogP contribution in [0, 0.1) is 0 Å². The molecule has 0 atom stereocenters. The molecule has 0 spiro atoms. The second-order valence-corrected chi connectivity index (χ2v) is 5.14. The Kier molecular flexibility index (Phi) is 3.55. The maximum Gasteiger partial charge on any atom is 0.0594 e. The molecule has 0 bridgehead atoms. The fourth-order valence-electron chi connectivity index (χ4n) is 2.47. The summed E-state index contributed by atoms with van der Waals surface area (Å²) in [5.74, 6) is 0. The number of aromatic nitrogens is 1. The van der Waals surface area contributed by atoms with Crippen molar-refractivity contribution in [2.24, 2.45) is 0 Å². The standard InChI is InChI=1S/C14H17ClN2O/c15-12-1-2-13-11(10-16-14(13)9-12)3-4-17-5-7-18-8-6-17/h1-2,9-10,16H,3-8H2. The van der Waals surface area contributed by atoms with Gasteiger partial charge in [0.1, 0.15) is 0 Å². The van der Waals surface area contributed by atoms with Crippen molar-refractivity contribution in [3.63, 3.8) is 0 Å². The molecule has 18 heavy (non-hydrogen) atoms. The highest BCUT2D eigenvalue weighted by atomic mass is 35.5. The maximum atomic E-state index is 5.98. The summed E-state index contributed by atoms with van der Waals surface area (Å²) in [6, 6.07) is 6.04. The van der Waals surface area contributed by atoms with Gasteiger partial charge in [0.2, 0.25) is 0 Å². The van der Waals surface area contributed by atoms with E-state index in [0.29, 0.717) is 0 Å². The number of morpholine rings is 1. The van der Waals surface area contributed by atoms with E-state index in [1.54, 1.807) is 0 Å². The van der Waals surface area contributed by atoms with E-state index in [1.807, 2.05) is 12.1 Å². The number of nitrogens with zero attached hydrogens (tertiary/aromatic N) is 1. The molecule has 0 amide bonds. The van der Waals surface area contributed by atoms with Crippen molar-refractivity contribution in [1.29, 1.82) is 0 Å². The lowest BCUT2D eigenvalue weighted by atomic mass is 10.1. The van der Waals surface area contributed by atoms with E-state index in [0.717, 1.165) is 49.8 Å². The van der Waals surface area contributed by atoms with Crippen LogP contribution in [0.4, 0.5) is 0 Å². The summed E-state index contributed by atoms with van der Waals surface area (Å²) < 4.78 is 5.36. The quantitative estimate of drug-likeness (QED) is 0.923. The summed E-state index contributed by atoms with van der Waals surface area (Å²) in [5.41, 5.74) is 2.49. The first-order valence-electron chi connectivity index (χ1n) is 6.38. The molecule has 1 fully saturated rings. The molecule has 3 nitrogen and oxygen atoms in total. The third-order valence-electron chi connectivity index (χ3n) is 3.53. The summed E-state index contributed by atoms with van der Waals surface area (Å²) >= 11 is 5.98. The van der Waals surface area contributed by atoms with Crippen molar-refractivity contribution in [3.05, 3.63) is 35.0 Å². The molecule has 1 aliphatic rings. The Labute approximate surface area is 112 Å². The number of rotatable bonds is 3. The van der Waals surface area contributed by atoms with Crippen molar-refractivity contribution in [3.8, 4) is 0 Å². The highest BCUT2D eigenvalue weighted by Gasteiger charge is 2.11. The van der Waals surface area contributed by atoms with E-state index >= 15 is 0 Å². The van der Waals surface area contributed by atoms with Gasteiger partial charge in [0.05, 0.1) is 13.2 Å². The zero-order chi connectivity index (χ0) is 12.4. The molecule has 4 heteroatoms. The number of ether oxygens (including phenoxy) is 1. The Morgan fingerprint density at radius 1 is 1.28 bits per heavy atom. The Hall–Kier alpha value is -1.03. The lowest BCUT2D eigenvalue weighted by molar-refractivity contribution is 0.0385. The van der Waals surface area contributed by atoms with Crippen molar-refractivity contribution in [2.75, 3.05) is 32.8 Å². The van der Waals surface area contributed by atoms with Crippen molar-refractivity contribution >= 4 is 22.5 Å². The Balaban J connectivity index is 1.70. The van der Waals surface area contributed by atoms with Gasteiger partial charge in [-0.2, -0.15) is 0 Å². The fraction of sp³-hybridized carbons (Fsp3) is 0.429. The van der Waals surface area contributed by atoms with Gasteiger partial charge in [-0.1, -0.05) is 17.7 Å². The van der Waals surface area contributed by atoms with Crippen molar-refractivity contribution in [1.82, 2.24) is 9.88 Å². The molecule has 0 unspecified atom stereocenters. The average Bonchev–Trinajstić information content (AvgIpc) is 2.80. The van der Waals surface area contributed by atoms with Gasteiger partial charge in [-0.15, -0.1) is 0 Å². The first kappa shape index (κ1) is 12.0. The van der Waals surface area contributed by atoms with Gasteiger partial charge in [0.25, 0.3) is 0 Å².